The van der Waals surface area contributed by atoms with E-state index in [2.05, 4.69) is 35.2 Å². The second kappa shape index (κ2) is 4.99. The second-order valence-electron chi connectivity index (χ2n) is 5.43. The Labute approximate surface area is 109 Å². The molecule has 0 amide bonds. The summed E-state index contributed by atoms with van der Waals surface area (Å²) in [6.07, 6.45) is 6.31. The molecular weight excluding hydrogens is 230 g/mol. The molecule has 1 nitrogen and oxygen atoms in total. The highest BCUT2D eigenvalue weighted by Crippen LogP contribution is 2.37. The van der Waals surface area contributed by atoms with Crippen LogP contribution in [0.3, 0.4) is 0 Å². The first-order valence-corrected chi connectivity index (χ1v) is 7.20. The number of hydrogen-bond donors (Lipinski definition) is 0. The molecule has 2 aliphatic heterocycles. The van der Waals surface area contributed by atoms with Crippen molar-refractivity contribution in [2.75, 3.05) is 6.54 Å². The van der Waals surface area contributed by atoms with Gasteiger partial charge in [-0.2, -0.15) is 0 Å². The number of nitrogens with zero attached hydrogens (tertiary/aromatic N) is 1. The normalized spacial score (nSPS) is 32.9. The number of alkyl halides is 1. The Morgan fingerprint density at radius 1 is 1.06 bits per heavy atom. The molecule has 2 heterocycles. The molecule has 0 aliphatic carbocycles. The van der Waals surface area contributed by atoms with Crippen molar-refractivity contribution in [2.45, 2.75) is 49.6 Å². The number of halogens is 1. The van der Waals surface area contributed by atoms with E-state index in [1.54, 1.807) is 0 Å². The van der Waals surface area contributed by atoms with E-state index in [1.165, 1.54) is 44.2 Å². The third kappa shape index (κ3) is 2.51. The highest BCUT2D eigenvalue weighted by molar-refractivity contribution is 6.20. The zero-order chi connectivity index (χ0) is 11.7. The molecule has 2 atom stereocenters. The monoisotopic (exact) mass is 249 g/mol. The average molecular weight is 250 g/mol. The minimum atomic E-state index is 0.431. The summed E-state index contributed by atoms with van der Waals surface area (Å²) in [5.41, 5.74) is 1.46. The summed E-state index contributed by atoms with van der Waals surface area (Å²) in [4.78, 5) is 2.71. The van der Waals surface area contributed by atoms with Crippen LogP contribution >= 0.6 is 11.6 Å². The molecule has 2 heteroatoms. The standard InChI is InChI=1S/C15H20ClN/c16-13-10-14-6-7-15(11-13)17(14)9-8-12-4-2-1-3-5-12/h1-5,13-15H,6-11H2. The Morgan fingerprint density at radius 2 is 1.71 bits per heavy atom. The number of fused-ring (bicyclic) bond motifs is 2. The lowest BCUT2D eigenvalue weighted by Gasteiger charge is -2.37. The van der Waals surface area contributed by atoms with Crippen LogP contribution in [0.15, 0.2) is 30.3 Å². The summed E-state index contributed by atoms with van der Waals surface area (Å²) in [5, 5.41) is 0.431. The van der Waals surface area contributed by atoms with Gasteiger partial charge in [0, 0.05) is 24.0 Å². The van der Waals surface area contributed by atoms with Gasteiger partial charge in [0.1, 0.15) is 0 Å². The van der Waals surface area contributed by atoms with Gasteiger partial charge < -0.3 is 0 Å². The minimum absolute atomic E-state index is 0.431. The second-order valence-corrected chi connectivity index (χ2v) is 6.04. The predicted molar refractivity (Wildman–Crippen MR) is 72.5 cm³/mol. The molecule has 2 fully saturated rings. The maximum atomic E-state index is 6.30. The van der Waals surface area contributed by atoms with Gasteiger partial charge in [0.15, 0.2) is 0 Å². The first-order chi connectivity index (χ1) is 8.33. The fraction of sp³-hybridized carbons (Fsp3) is 0.600. The maximum Gasteiger partial charge on any atom is 0.0365 e. The van der Waals surface area contributed by atoms with Gasteiger partial charge in [-0.3, -0.25) is 4.90 Å². The van der Waals surface area contributed by atoms with E-state index in [1.807, 2.05) is 0 Å². The lowest BCUT2D eigenvalue weighted by Crippen LogP contribution is -2.44. The van der Waals surface area contributed by atoms with Crippen LogP contribution in [0.5, 0.6) is 0 Å². The smallest absolute Gasteiger partial charge is 0.0365 e. The van der Waals surface area contributed by atoms with Crippen molar-refractivity contribution in [1.29, 1.82) is 0 Å². The van der Waals surface area contributed by atoms with Crippen LogP contribution in [0, 0.1) is 0 Å². The van der Waals surface area contributed by atoms with Gasteiger partial charge in [0.2, 0.25) is 0 Å². The molecule has 0 aromatic heterocycles. The van der Waals surface area contributed by atoms with Crippen LogP contribution in [-0.2, 0) is 6.42 Å². The van der Waals surface area contributed by atoms with Crippen molar-refractivity contribution in [3.8, 4) is 0 Å². The summed E-state index contributed by atoms with van der Waals surface area (Å²) in [7, 11) is 0. The van der Waals surface area contributed by atoms with Crippen molar-refractivity contribution < 1.29 is 0 Å². The van der Waals surface area contributed by atoms with Gasteiger partial charge in [-0.25, -0.2) is 0 Å². The summed E-state index contributed by atoms with van der Waals surface area (Å²) >= 11 is 6.30. The zero-order valence-corrected chi connectivity index (χ0v) is 10.9. The molecule has 2 aliphatic rings. The summed E-state index contributed by atoms with van der Waals surface area (Å²) < 4.78 is 0. The Balaban J connectivity index is 1.60. The van der Waals surface area contributed by atoms with Crippen molar-refractivity contribution in [2.24, 2.45) is 0 Å². The van der Waals surface area contributed by atoms with Crippen LogP contribution in [-0.4, -0.2) is 28.9 Å². The number of hydrogen-bond acceptors (Lipinski definition) is 1. The fourth-order valence-electron chi connectivity index (χ4n) is 3.48. The summed E-state index contributed by atoms with van der Waals surface area (Å²) in [6.45, 7) is 1.21. The molecule has 17 heavy (non-hydrogen) atoms. The topological polar surface area (TPSA) is 3.24 Å². The largest absolute Gasteiger partial charge is 0.297 e. The van der Waals surface area contributed by atoms with Crippen LogP contribution in [0.1, 0.15) is 31.2 Å². The SMILES string of the molecule is ClC1CC2CCC(C1)N2CCc1ccccc1. The molecule has 0 N–H and O–H groups in total. The van der Waals surface area contributed by atoms with Gasteiger partial charge in [-0.1, -0.05) is 30.3 Å². The lowest BCUT2D eigenvalue weighted by molar-refractivity contribution is 0.145. The van der Waals surface area contributed by atoms with Crippen LogP contribution in [0.4, 0.5) is 0 Å². The number of benzene rings is 1. The lowest BCUT2D eigenvalue weighted by atomic mass is 10.0. The van der Waals surface area contributed by atoms with E-state index >= 15 is 0 Å². The van der Waals surface area contributed by atoms with Gasteiger partial charge in [0.05, 0.1) is 0 Å². The van der Waals surface area contributed by atoms with Crippen LogP contribution in [0.25, 0.3) is 0 Å². The fourth-order valence-corrected chi connectivity index (χ4v) is 3.89. The molecule has 0 radical (unpaired) electrons. The molecule has 2 unspecified atom stereocenters. The van der Waals surface area contributed by atoms with Gasteiger partial charge >= 0.3 is 0 Å². The Morgan fingerprint density at radius 3 is 2.35 bits per heavy atom. The quantitative estimate of drug-likeness (QED) is 0.742. The molecule has 1 aromatic carbocycles. The van der Waals surface area contributed by atoms with E-state index in [0.29, 0.717) is 5.38 Å². The first-order valence-electron chi connectivity index (χ1n) is 6.76. The van der Waals surface area contributed by atoms with Crippen LogP contribution in [0.2, 0.25) is 0 Å². The van der Waals surface area contributed by atoms with Crippen molar-refractivity contribution >= 4 is 11.6 Å². The van der Waals surface area contributed by atoms with Gasteiger partial charge in [-0.15, -0.1) is 11.6 Å². The summed E-state index contributed by atoms with van der Waals surface area (Å²) in [6, 6.07) is 12.3. The van der Waals surface area contributed by atoms with Gasteiger partial charge in [0.25, 0.3) is 0 Å². The molecule has 0 saturated carbocycles. The molecule has 92 valence electrons. The third-order valence-electron chi connectivity index (χ3n) is 4.33. The molecular formula is C15H20ClN. The Kier molecular flexibility index (Phi) is 3.39. The van der Waals surface area contributed by atoms with E-state index < -0.39 is 0 Å². The molecule has 3 rings (SSSR count). The molecule has 1 aromatic rings. The first kappa shape index (κ1) is 11.6. The molecule has 2 saturated heterocycles. The van der Waals surface area contributed by atoms with E-state index in [0.717, 1.165) is 12.1 Å². The van der Waals surface area contributed by atoms with Crippen molar-refractivity contribution in [1.82, 2.24) is 4.90 Å². The zero-order valence-electron chi connectivity index (χ0n) is 10.2. The van der Waals surface area contributed by atoms with Crippen LogP contribution < -0.4 is 0 Å². The Hall–Kier alpha value is -0.530. The summed E-state index contributed by atoms with van der Waals surface area (Å²) in [5.74, 6) is 0. The van der Waals surface area contributed by atoms with Crippen molar-refractivity contribution in [3.63, 3.8) is 0 Å². The van der Waals surface area contributed by atoms with E-state index in [4.69, 9.17) is 11.6 Å². The third-order valence-corrected chi connectivity index (χ3v) is 4.68. The van der Waals surface area contributed by atoms with E-state index in [-0.39, 0.29) is 0 Å². The van der Waals surface area contributed by atoms with E-state index in [9.17, 15) is 0 Å². The number of piperidine rings is 1. The highest BCUT2D eigenvalue weighted by Gasteiger charge is 2.39. The highest BCUT2D eigenvalue weighted by atomic mass is 35.5. The Bertz CT molecular complexity index is 350. The maximum absolute atomic E-state index is 6.30. The molecule has 0 spiro atoms. The number of rotatable bonds is 3. The molecule has 2 bridgehead atoms. The minimum Gasteiger partial charge on any atom is -0.297 e. The average Bonchev–Trinajstić information content (AvgIpc) is 2.59. The van der Waals surface area contributed by atoms with Crippen molar-refractivity contribution in [3.05, 3.63) is 35.9 Å². The van der Waals surface area contributed by atoms with Gasteiger partial charge in [-0.05, 0) is 37.7 Å². The predicted octanol–water partition coefficient (Wildman–Crippen LogP) is 3.46.